The van der Waals surface area contributed by atoms with Gasteiger partial charge in [-0.05, 0) is 38.5 Å². The van der Waals surface area contributed by atoms with Crippen molar-refractivity contribution in [1.29, 1.82) is 0 Å². The number of hydrogen-bond donors (Lipinski definition) is 2. The molecule has 2 N–H and O–H groups in total. The highest BCUT2D eigenvalue weighted by Crippen LogP contribution is 2.16. The zero-order valence-corrected chi connectivity index (χ0v) is 12.3. The predicted octanol–water partition coefficient (Wildman–Crippen LogP) is 3.00. The number of rotatable bonds is 6. The van der Waals surface area contributed by atoms with Crippen molar-refractivity contribution < 1.29 is 10.0 Å². The van der Waals surface area contributed by atoms with Gasteiger partial charge in [0, 0.05) is 24.9 Å². The number of carbonyl (C=O) groups excluding carboxylic acids is 1. The Bertz CT molecular complexity index is 486. The van der Waals surface area contributed by atoms with Crippen molar-refractivity contribution in [3.8, 4) is 0 Å². The van der Waals surface area contributed by atoms with Crippen LogP contribution in [0.2, 0.25) is 0 Å². The van der Waals surface area contributed by atoms with Gasteiger partial charge in [0.1, 0.15) is 0 Å². The van der Waals surface area contributed by atoms with Crippen molar-refractivity contribution in [2.45, 2.75) is 20.8 Å². The van der Waals surface area contributed by atoms with Crippen molar-refractivity contribution in [3.05, 3.63) is 47.6 Å². The topological polar surface area (TPSA) is 52.6 Å². The first-order valence-corrected chi connectivity index (χ1v) is 6.76. The minimum absolute atomic E-state index is 0.533. The minimum atomic E-state index is -0.533. The van der Waals surface area contributed by atoms with E-state index in [-0.39, 0.29) is 0 Å². The largest absolute Gasteiger partial charge is 0.372 e. The summed E-state index contributed by atoms with van der Waals surface area (Å²) in [6.45, 7) is 8.16. The fraction of sp³-hybridized carbons (Fsp3) is 0.312. The molecule has 0 saturated carbocycles. The van der Waals surface area contributed by atoms with Gasteiger partial charge in [-0.3, -0.25) is 10.0 Å². The van der Waals surface area contributed by atoms with E-state index in [4.69, 9.17) is 5.21 Å². The Morgan fingerprint density at radius 2 is 1.80 bits per heavy atom. The molecular weight excluding hydrogens is 252 g/mol. The SMILES string of the molecule is CCN(CC)c1ccc(/C=C(C)/C=C/C(=O)NO)cc1. The van der Waals surface area contributed by atoms with Gasteiger partial charge >= 0.3 is 0 Å². The molecule has 0 spiro atoms. The van der Waals surface area contributed by atoms with Crippen molar-refractivity contribution in [2.24, 2.45) is 0 Å². The summed E-state index contributed by atoms with van der Waals surface area (Å²) in [4.78, 5) is 13.2. The second-order valence-electron chi connectivity index (χ2n) is 4.46. The van der Waals surface area contributed by atoms with E-state index in [1.165, 1.54) is 11.8 Å². The molecule has 0 bridgehead atoms. The molecule has 1 aromatic carbocycles. The van der Waals surface area contributed by atoms with E-state index in [1.807, 2.05) is 13.0 Å². The van der Waals surface area contributed by atoms with Crippen LogP contribution < -0.4 is 10.4 Å². The lowest BCUT2D eigenvalue weighted by Crippen LogP contribution is -2.21. The van der Waals surface area contributed by atoms with E-state index in [0.29, 0.717) is 0 Å². The molecule has 0 aliphatic rings. The zero-order chi connectivity index (χ0) is 15.0. The monoisotopic (exact) mass is 274 g/mol. The van der Waals surface area contributed by atoms with Gasteiger partial charge in [-0.1, -0.05) is 29.9 Å². The lowest BCUT2D eigenvalue weighted by Gasteiger charge is -2.20. The molecule has 0 heterocycles. The Balaban J connectivity index is 2.78. The molecular formula is C16H22N2O2. The number of carbonyl (C=O) groups is 1. The third-order valence-electron chi connectivity index (χ3n) is 3.02. The summed E-state index contributed by atoms with van der Waals surface area (Å²) in [5, 5.41) is 8.39. The van der Waals surface area contributed by atoms with E-state index in [1.54, 1.807) is 11.6 Å². The number of nitrogens with zero attached hydrogens (tertiary/aromatic N) is 1. The van der Waals surface area contributed by atoms with Gasteiger partial charge < -0.3 is 4.90 Å². The van der Waals surface area contributed by atoms with Crippen LogP contribution in [0.1, 0.15) is 26.3 Å². The first kappa shape index (κ1) is 16.0. The first-order valence-electron chi connectivity index (χ1n) is 6.76. The molecule has 0 fully saturated rings. The molecule has 1 amide bonds. The van der Waals surface area contributed by atoms with Crippen LogP contribution in [0.25, 0.3) is 6.08 Å². The standard InChI is InChI=1S/C16H22N2O2/c1-4-18(5-2)15-9-7-14(8-10-15)12-13(3)6-11-16(19)17-20/h6-12,20H,4-5H2,1-3H3,(H,17,19)/b11-6+,13-12+. The normalized spacial score (nSPS) is 11.7. The number of allylic oxidation sites excluding steroid dienone is 2. The van der Waals surface area contributed by atoms with Crippen molar-refractivity contribution in [3.63, 3.8) is 0 Å². The second kappa shape index (κ2) is 8.17. The van der Waals surface area contributed by atoms with Crippen LogP contribution in [0, 0.1) is 0 Å². The van der Waals surface area contributed by atoms with Crippen molar-refractivity contribution in [1.82, 2.24) is 5.48 Å². The number of hydrogen-bond acceptors (Lipinski definition) is 3. The molecule has 108 valence electrons. The maximum absolute atomic E-state index is 10.9. The predicted molar refractivity (Wildman–Crippen MR) is 82.7 cm³/mol. The molecule has 4 nitrogen and oxygen atoms in total. The molecule has 0 atom stereocenters. The number of hydroxylamine groups is 1. The quantitative estimate of drug-likeness (QED) is 0.363. The fourth-order valence-corrected chi connectivity index (χ4v) is 1.93. The molecule has 1 aromatic rings. The highest BCUT2D eigenvalue weighted by atomic mass is 16.5. The molecule has 0 aromatic heterocycles. The average molecular weight is 274 g/mol. The maximum Gasteiger partial charge on any atom is 0.267 e. The number of anilines is 1. The third-order valence-corrected chi connectivity index (χ3v) is 3.02. The van der Waals surface area contributed by atoms with E-state index < -0.39 is 5.91 Å². The number of nitrogens with one attached hydrogen (secondary N) is 1. The Labute approximate surface area is 120 Å². The van der Waals surface area contributed by atoms with Gasteiger partial charge in [0.05, 0.1) is 0 Å². The van der Waals surface area contributed by atoms with Gasteiger partial charge in [-0.25, -0.2) is 5.48 Å². The summed E-state index contributed by atoms with van der Waals surface area (Å²) in [6, 6.07) is 8.29. The van der Waals surface area contributed by atoms with Gasteiger partial charge in [0.15, 0.2) is 0 Å². The maximum atomic E-state index is 10.9. The van der Waals surface area contributed by atoms with E-state index in [2.05, 4.69) is 43.0 Å². The summed E-state index contributed by atoms with van der Waals surface area (Å²) in [6.07, 6.45) is 4.92. The molecule has 4 heteroatoms. The number of benzene rings is 1. The lowest BCUT2D eigenvalue weighted by atomic mass is 10.1. The van der Waals surface area contributed by atoms with Crippen LogP contribution in [-0.2, 0) is 4.79 Å². The summed E-state index contributed by atoms with van der Waals surface area (Å²) in [5.74, 6) is -0.533. The molecule has 20 heavy (non-hydrogen) atoms. The van der Waals surface area contributed by atoms with E-state index in [0.717, 1.165) is 24.2 Å². The van der Waals surface area contributed by atoms with Crippen LogP contribution in [0.3, 0.4) is 0 Å². The molecule has 0 aliphatic heterocycles. The Kier molecular flexibility index (Phi) is 6.53. The Morgan fingerprint density at radius 3 is 2.30 bits per heavy atom. The average Bonchev–Trinajstić information content (AvgIpc) is 2.47. The van der Waals surface area contributed by atoms with Crippen molar-refractivity contribution in [2.75, 3.05) is 18.0 Å². The van der Waals surface area contributed by atoms with Gasteiger partial charge in [0.25, 0.3) is 5.91 Å². The molecule has 0 unspecified atom stereocenters. The van der Waals surface area contributed by atoms with Gasteiger partial charge in [0.2, 0.25) is 0 Å². The lowest BCUT2D eigenvalue weighted by molar-refractivity contribution is -0.124. The van der Waals surface area contributed by atoms with Gasteiger partial charge in [-0.15, -0.1) is 0 Å². The first-order chi connectivity index (χ1) is 9.60. The fourth-order valence-electron chi connectivity index (χ4n) is 1.93. The highest BCUT2D eigenvalue weighted by molar-refractivity contribution is 5.87. The van der Waals surface area contributed by atoms with Crippen molar-refractivity contribution >= 4 is 17.7 Å². The van der Waals surface area contributed by atoms with E-state index in [9.17, 15) is 4.79 Å². The molecule has 0 aliphatic carbocycles. The molecule has 1 rings (SSSR count). The Hall–Kier alpha value is -2.07. The Morgan fingerprint density at radius 1 is 1.20 bits per heavy atom. The molecule has 0 radical (unpaired) electrons. The van der Waals surface area contributed by atoms with Crippen LogP contribution >= 0.6 is 0 Å². The van der Waals surface area contributed by atoms with Crippen LogP contribution in [0.5, 0.6) is 0 Å². The van der Waals surface area contributed by atoms with Crippen LogP contribution in [0.15, 0.2) is 42.0 Å². The highest BCUT2D eigenvalue weighted by Gasteiger charge is 2.00. The summed E-state index contributed by atoms with van der Waals surface area (Å²) in [5.41, 5.74) is 4.78. The minimum Gasteiger partial charge on any atom is -0.372 e. The zero-order valence-electron chi connectivity index (χ0n) is 12.3. The molecule has 0 saturated heterocycles. The third kappa shape index (κ3) is 4.90. The van der Waals surface area contributed by atoms with E-state index >= 15 is 0 Å². The summed E-state index contributed by atoms with van der Waals surface area (Å²) >= 11 is 0. The number of amides is 1. The van der Waals surface area contributed by atoms with Crippen LogP contribution in [-0.4, -0.2) is 24.2 Å². The van der Waals surface area contributed by atoms with Gasteiger partial charge in [-0.2, -0.15) is 0 Å². The smallest absolute Gasteiger partial charge is 0.267 e. The summed E-state index contributed by atoms with van der Waals surface area (Å²) in [7, 11) is 0. The summed E-state index contributed by atoms with van der Waals surface area (Å²) < 4.78 is 0. The second-order valence-corrected chi connectivity index (χ2v) is 4.46. The van der Waals surface area contributed by atoms with Crippen LogP contribution in [0.4, 0.5) is 5.69 Å².